The summed E-state index contributed by atoms with van der Waals surface area (Å²) in [6.07, 6.45) is 4.08. The molecule has 0 N–H and O–H groups in total. The van der Waals surface area contributed by atoms with E-state index in [4.69, 9.17) is 0 Å². The maximum Gasteiger partial charge on any atom is -0.0398 e. The van der Waals surface area contributed by atoms with E-state index in [-0.39, 0.29) is 0 Å². The fourth-order valence-corrected chi connectivity index (χ4v) is 0.990. The van der Waals surface area contributed by atoms with Crippen LogP contribution in [0.4, 0.5) is 0 Å². The zero-order chi connectivity index (χ0) is 12.1. The van der Waals surface area contributed by atoms with Crippen molar-refractivity contribution >= 4 is 0 Å². The number of rotatable bonds is 2. The van der Waals surface area contributed by atoms with Crippen LogP contribution in [0.1, 0.15) is 44.2 Å². The lowest BCUT2D eigenvalue weighted by Crippen LogP contribution is -1.70. The summed E-state index contributed by atoms with van der Waals surface area (Å²) in [5, 5.41) is 0. The lowest BCUT2D eigenvalue weighted by Gasteiger charge is -1.90. The molecule has 1 rings (SSSR count). The monoisotopic (exact) mass is 206 g/mol. The molecule has 0 aliphatic heterocycles. The molecular formula is C15H26. The van der Waals surface area contributed by atoms with Gasteiger partial charge >= 0.3 is 0 Å². The fourth-order valence-electron chi connectivity index (χ4n) is 0.990. The van der Waals surface area contributed by atoms with Crippen LogP contribution in [0.5, 0.6) is 0 Å². The van der Waals surface area contributed by atoms with Gasteiger partial charge in [0.2, 0.25) is 0 Å². The summed E-state index contributed by atoms with van der Waals surface area (Å²) in [6.45, 7) is 14.6. The molecule has 1 aromatic carbocycles. The molecule has 0 bridgehead atoms. The highest BCUT2D eigenvalue weighted by Crippen LogP contribution is 1.99. The smallest absolute Gasteiger partial charge is 0.0398 e. The van der Waals surface area contributed by atoms with E-state index in [9.17, 15) is 0 Å². The second kappa shape index (κ2) is 13.0. The van der Waals surface area contributed by atoms with Crippen LogP contribution >= 0.6 is 0 Å². The van der Waals surface area contributed by atoms with Crippen molar-refractivity contribution in [2.24, 2.45) is 0 Å². The van der Waals surface area contributed by atoms with Gasteiger partial charge in [0.1, 0.15) is 0 Å². The average molecular weight is 206 g/mol. The van der Waals surface area contributed by atoms with Gasteiger partial charge < -0.3 is 0 Å². The van der Waals surface area contributed by atoms with Crippen LogP contribution < -0.4 is 0 Å². The Balaban J connectivity index is 0. The number of unbranched alkanes of at least 4 members (excludes halogenated alkanes) is 2. The van der Waals surface area contributed by atoms with Crippen LogP contribution in [0.3, 0.4) is 0 Å². The van der Waals surface area contributed by atoms with Gasteiger partial charge in [-0.1, -0.05) is 68.5 Å². The summed E-state index contributed by atoms with van der Waals surface area (Å²) in [4.78, 5) is 0. The second-order valence-corrected chi connectivity index (χ2v) is 3.51. The fraction of sp³-hybridized carbons (Fsp3) is 0.467. The zero-order valence-corrected chi connectivity index (χ0v) is 10.8. The molecule has 0 nitrogen and oxygen atoms in total. The first-order valence-electron chi connectivity index (χ1n) is 5.74. The molecule has 0 saturated heterocycles. The molecule has 0 aliphatic rings. The maximum atomic E-state index is 3.00. The second-order valence-electron chi connectivity index (χ2n) is 3.51. The molecule has 86 valence electrons. The SMILES string of the molecule is C=C.CCCCC.Cc1ccc(C)cc1. The van der Waals surface area contributed by atoms with Crippen molar-refractivity contribution < 1.29 is 0 Å². The van der Waals surface area contributed by atoms with E-state index in [0.717, 1.165) is 0 Å². The molecule has 0 spiro atoms. The van der Waals surface area contributed by atoms with Gasteiger partial charge in [-0.15, -0.1) is 13.2 Å². The van der Waals surface area contributed by atoms with Gasteiger partial charge in [0.05, 0.1) is 0 Å². The van der Waals surface area contributed by atoms with Crippen molar-refractivity contribution in [3.8, 4) is 0 Å². The van der Waals surface area contributed by atoms with Crippen LogP contribution in [0, 0.1) is 13.8 Å². The van der Waals surface area contributed by atoms with E-state index >= 15 is 0 Å². The Bertz CT molecular complexity index is 185. The lowest BCUT2D eigenvalue weighted by molar-refractivity contribution is 0.772. The van der Waals surface area contributed by atoms with Gasteiger partial charge in [0, 0.05) is 0 Å². The van der Waals surface area contributed by atoms with E-state index in [1.807, 2.05) is 0 Å². The number of aryl methyl sites for hydroxylation is 2. The molecule has 0 heteroatoms. The number of benzene rings is 1. The predicted molar refractivity (Wildman–Crippen MR) is 72.4 cm³/mol. The minimum Gasteiger partial charge on any atom is -0.106 e. The van der Waals surface area contributed by atoms with Crippen molar-refractivity contribution in [1.29, 1.82) is 0 Å². The number of hydrogen-bond donors (Lipinski definition) is 0. The Morgan fingerprint density at radius 3 is 1.20 bits per heavy atom. The van der Waals surface area contributed by atoms with Crippen LogP contribution in [-0.4, -0.2) is 0 Å². The summed E-state index contributed by atoms with van der Waals surface area (Å²) < 4.78 is 0. The third-order valence-corrected chi connectivity index (χ3v) is 1.93. The highest BCUT2D eigenvalue weighted by molar-refractivity contribution is 5.19. The van der Waals surface area contributed by atoms with Crippen molar-refractivity contribution in [3.63, 3.8) is 0 Å². The Morgan fingerprint density at radius 1 is 0.800 bits per heavy atom. The van der Waals surface area contributed by atoms with E-state index in [1.165, 1.54) is 30.4 Å². The first-order chi connectivity index (χ1) is 7.20. The highest BCUT2D eigenvalue weighted by atomic mass is 13.9. The molecular weight excluding hydrogens is 180 g/mol. The average Bonchev–Trinajstić information content (AvgIpc) is 2.27. The first-order valence-corrected chi connectivity index (χ1v) is 5.74. The van der Waals surface area contributed by atoms with Crippen LogP contribution in [-0.2, 0) is 0 Å². The van der Waals surface area contributed by atoms with Crippen molar-refractivity contribution in [2.75, 3.05) is 0 Å². The molecule has 0 radical (unpaired) electrons. The third kappa shape index (κ3) is 13.0. The van der Waals surface area contributed by atoms with Crippen molar-refractivity contribution in [3.05, 3.63) is 48.6 Å². The first kappa shape index (κ1) is 16.4. The van der Waals surface area contributed by atoms with Gasteiger partial charge in [0.15, 0.2) is 0 Å². The van der Waals surface area contributed by atoms with Crippen molar-refractivity contribution in [2.45, 2.75) is 47.0 Å². The largest absolute Gasteiger partial charge is 0.106 e. The van der Waals surface area contributed by atoms with Gasteiger partial charge in [0.25, 0.3) is 0 Å². The van der Waals surface area contributed by atoms with Crippen LogP contribution in [0.25, 0.3) is 0 Å². The molecule has 0 aliphatic carbocycles. The molecule has 0 atom stereocenters. The molecule has 0 saturated carbocycles. The highest BCUT2D eigenvalue weighted by Gasteiger charge is 1.79. The quantitative estimate of drug-likeness (QED) is 0.576. The van der Waals surface area contributed by atoms with E-state index < -0.39 is 0 Å². The van der Waals surface area contributed by atoms with E-state index in [0.29, 0.717) is 0 Å². The predicted octanol–water partition coefficient (Wildman–Crippen LogP) is 5.30. The zero-order valence-electron chi connectivity index (χ0n) is 10.8. The van der Waals surface area contributed by atoms with E-state index in [1.54, 1.807) is 0 Å². The summed E-state index contributed by atoms with van der Waals surface area (Å²) in [5.41, 5.74) is 2.66. The standard InChI is InChI=1S/C8H10.C5H12.C2H4/c1-7-3-5-8(2)6-4-7;1-3-5-4-2;1-2/h3-6H,1-2H3;3-5H2,1-2H3;1-2H2. The molecule has 0 unspecified atom stereocenters. The third-order valence-electron chi connectivity index (χ3n) is 1.93. The maximum absolute atomic E-state index is 3.00. The minimum atomic E-state index is 1.33. The van der Waals surface area contributed by atoms with E-state index in [2.05, 4.69) is 65.1 Å². The topological polar surface area (TPSA) is 0 Å². The number of hydrogen-bond acceptors (Lipinski definition) is 0. The van der Waals surface area contributed by atoms with Gasteiger partial charge in [-0.05, 0) is 13.8 Å². The van der Waals surface area contributed by atoms with Crippen LogP contribution in [0.2, 0.25) is 0 Å². The van der Waals surface area contributed by atoms with Gasteiger partial charge in [-0.3, -0.25) is 0 Å². The summed E-state index contributed by atoms with van der Waals surface area (Å²) >= 11 is 0. The normalized spacial score (nSPS) is 8.00. The summed E-state index contributed by atoms with van der Waals surface area (Å²) in [5.74, 6) is 0. The Labute approximate surface area is 96.0 Å². The molecule has 0 amide bonds. The van der Waals surface area contributed by atoms with Crippen LogP contribution in [0.15, 0.2) is 37.4 Å². The molecule has 15 heavy (non-hydrogen) atoms. The Morgan fingerprint density at radius 2 is 1.07 bits per heavy atom. The molecule has 0 fully saturated rings. The Hall–Kier alpha value is -1.04. The summed E-state index contributed by atoms with van der Waals surface area (Å²) in [6, 6.07) is 8.48. The van der Waals surface area contributed by atoms with Crippen molar-refractivity contribution in [1.82, 2.24) is 0 Å². The lowest BCUT2D eigenvalue weighted by atomic mass is 10.2. The minimum absolute atomic E-state index is 1.33. The summed E-state index contributed by atoms with van der Waals surface area (Å²) in [7, 11) is 0. The molecule has 0 heterocycles. The Kier molecular flexibility index (Phi) is 14.2. The van der Waals surface area contributed by atoms with Gasteiger partial charge in [-0.25, -0.2) is 0 Å². The molecule has 0 aromatic heterocycles. The molecule has 1 aromatic rings. The van der Waals surface area contributed by atoms with Gasteiger partial charge in [-0.2, -0.15) is 0 Å².